The summed E-state index contributed by atoms with van der Waals surface area (Å²) < 4.78 is 6.15. The number of rotatable bonds is 7. The Balaban J connectivity index is 1.21. The molecular formula is C31H44N4O3. The number of allylic oxidation sites excluding steroid dienone is 3. The molecular weight excluding hydrogens is 476 g/mol. The fourth-order valence-corrected chi connectivity index (χ4v) is 5.43. The van der Waals surface area contributed by atoms with Gasteiger partial charge in [-0.05, 0) is 94.2 Å². The SMILES string of the molecule is C=N/C(=N\C=C(/C)CC)N1CCC(COc2ccc(C3=CCC(C(=O)N4CCC(O)CC4)CC3)cc2)CC1. The van der Waals surface area contributed by atoms with Crippen LogP contribution >= 0.6 is 0 Å². The average Bonchev–Trinajstić information content (AvgIpc) is 2.97. The summed E-state index contributed by atoms with van der Waals surface area (Å²) in [5.41, 5.74) is 3.77. The van der Waals surface area contributed by atoms with Gasteiger partial charge in [0.25, 0.3) is 0 Å². The Morgan fingerprint density at radius 1 is 1.08 bits per heavy atom. The molecule has 2 aliphatic heterocycles. The van der Waals surface area contributed by atoms with Gasteiger partial charge in [-0.1, -0.05) is 30.7 Å². The van der Waals surface area contributed by atoms with Crippen LogP contribution in [0.1, 0.15) is 70.8 Å². The zero-order chi connectivity index (χ0) is 26.9. The first-order valence-electron chi connectivity index (χ1n) is 14.3. The number of ether oxygens (including phenoxy) is 1. The monoisotopic (exact) mass is 520 g/mol. The Morgan fingerprint density at radius 2 is 1.76 bits per heavy atom. The molecule has 2 heterocycles. The van der Waals surface area contributed by atoms with E-state index in [4.69, 9.17) is 4.74 Å². The number of piperidine rings is 2. The third-order valence-electron chi connectivity index (χ3n) is 8.24. The molecule has 2 saturated heterocycles. The van der Waals surface area contributed by atoms with Crippen LogP contribution < -0.4 is 4.74 Å². The first kappa shape index (κ1) is 28.1. The number of aliphatic imine (C=N–C) groups is 2. The summed E-state index contributed by atoms with van der Waals surface area (Å²) in [6, 6.07) is 8.41. The second kappa shape index (κ2) is 13.7. The lowest BCUT2D eigenvalue weighted by Gasteiger charge is -2.33. The summed E-state index contributed by atoms with van der Waals surface area (Å²) in [7, 11) is 0. The molecule has 1 aromatic carbocycles. The molecule has 1 unspecified atom stereocenters. The number of nitrogens with zero attached hydrogens (tertiary/aromatic N) is 4. The molecule has 38 heavy (non-hydrogen) atoms. The van der Waals surface area contributed by atoms with E-state index >= 15 is 0 Å². The number of amides is 1. The highest BCUT2D eigenvalue weighted by Crippen LogP contribution is 2.32. The topological polar surface area (TPSA) is 77.7 Å². The van der Waals surface area contributed by atoms with Crippen LogP contribution in [0.3, 0.4) is 0 Å². The molecule has 1 amide bonds. The molecule has 7 nitrogen and oxygen atoms in total. The predicted octanol–water partition coefficient (Wildman–Crippen LogP) is 5.31. The van der Waals surface area contributed by atoms with Gasteiger partial charge in [0.15, 0.2) is 0 Å². The van der Waals surface area contributed by atoms with E-state index in [1.54, 1.807) is 0 Å². The van der Waals surface area contributed by atoms with Gasteiger partial charge in [-0.2, -0.15) is 0 Å². The van der Waals surface area contributed by atoms with Crippen molar-refractivity contribution in [3.63, 3.8) is 0 Å². The fourth-order valence-electron chi connectivity index (χ4n) is 5.43. The highest BCUT2D eigenvalue weighted by atomic mass is 16.5. The van der Waals surface area contributed by atoms with Gasteiger partial charge >= 0.3 is 0 Å². The van der Waals surface area contributed by atoms with E-state index in [1.807, 2.05) is 11.1 Å². The number of guanidine groups is 1. The molecule has 0 saturated carbocycles. The van der Waals surface area contributed by atoms with Crippen molar-refractivity contribution in [2.24, 2.45) is 21.8 Å². The van der Waals surface area contributed by atoms with E-state index in [0.29, 0.717) is 37.8 Å². The summed E-state index contributed by atoms with van der Waals surface area (Å²) in [5.74, 6) is 2.47. The van der Waals surface area contributed by atoms with Crippen molar-refractivity contribution in [1.82, 2.24) is 9.80 Å². The maximum atomic E-state index is 12.9. The van der Waals surface area contributed by atoms with Gasteiger partial charge in [0.1, 0.15) is 5.75 Å². The Hall–Kier alpha value is -2.93. The van der Waals surface area contributed by atoms with E-state index in [1.165, 1.54) is 16.7 Å². The number of benzene rings is 1. The number of carbonyl (C=O) groups is 1. The Bertz CT molecular complexity index is 1030. The second-order valence-electron chi connectivity index (χ2n) is 10.9. The van der Waals surface area contributed by atoms with Crippen molar-refractivity contribution in [2.75, 3.05) is 32.8 Å². The summed E-state index contributed by atoms with van der Waals surface area (Å²) in [5, 5.41) is 9.70. The van der Waals surface area contributed by atoms with Crippen molar-refractivity contribution in [3.8, 4) is 5.75 Å². The quantitative estimate of drug-likeness (QED) is 0.390. The highest BCUT2D eigenvalue weighted by Gasteiger charge is 2.29. The molecule has 1 atom stereocenters. The summed E-state index contributed by atoms with van der Waals surface area (Å²) >= 11 is 0. The van der Waals surface area contributed by atoms with Crippen molar-refractivity contribution < 1.29 is 14.6 Å². The van der Waals surface area contributed by atoms with Gasteiger partial charge in [-0.3, -0.25) is 4.79 Å². The van der Waals surface area contributed by atoms with E-state index in [-0.39, 0.29) is 17.9 Å². The molecule has 7 heteroatoms. The minimum absolute atomic E-state index is 0.0737. The smallest absolute Gasteiger partial charge is 0.226 e. The standard InChI is InChI=1S/C31H44N4O3/c1-4-23(2)21-33-31(32-3)35-17-13-24(14-18-35)22-38-29-11-9-26(10-12-29)25-5-7-27(8-6-25)30(37)34-19-15-28(36)16-20-34/h5,9-12,21,24,27-28,36H,3-4,6-8,13-20,22H2,1-2H3/b23-21+,33-31+. The molecule has 4 rings (SSSR count). The van der Waals surface area contributed by atoms with E-state index in [9.17, 15) is 9.90 Å². The van der Waals surface area contributed by atoms with E-state index < -0.39 is 0 Å². The molecule has 0 bridgehead atoms. The normalized spacial score (nSPS) is 22.3. The van der Waals surface area contributed by atoms with Gasteiger partial charge < -0.3 is 19.6 Å². The Morgan fingerprint density at radius 3 is 2.37 bits per heavy atom. The third kappa shape index (κ3) is 7.56. The van der Waals surface area contributed by atoms with Crippen LogP contribution in [0.25, 0.3) is 5.57 Å². The average molecular weight is 521 g/mol. The minimum Gasteiger partial charge on any atom is -0.493 e. The van der Waals surface area contributed by atoms with Gasteiger partial charge in [-0.25, -0.2) is 9.98 Å². The highest BCUT2D eigenvalue weighted by molar-refractivity contribution is 5.84. The number of carbonyl (C=O) groups excluding carboxylic acids is 1. The Labute approximate surface area is 228 Å². The summed E-state index contributed by atoms with van der Waals surface area (Å²) in [6.07, 6.45) is 11.0. The molecule has 2 fully saturated rings. The molecule has 1 aromatic rings. The van der Waals surface area contributed by atoms with E-state index in [2.05, 4.69) is 65.8 Å². The van der Waals surface area contributed by atoms with Crippen LogP contribution in [0.2, 0.25) is 0 Å². The molecule has 0 spiro atoms. The number of aliphatic hydroxyl groups is 1. The van der Waals surface area contributed by atoms with Crippen molar-refractivity contribution in [2.45, 2.75) is 71.3 Å². The minimum atomic E-state index is -0.248. The van der Waals surface area contributed by atoms with Crippen molar-refractivity contribution in [3.05, 3.63) is 47.7 Å². The van der Waals surface area contributed by atoms with Crippen LogP contribution in [0.5, 0.6) is 5.75 Å². The van der Waals surface area contributed by atoms with Gasteiger partial charge in [-0.15, -0.1) is 0 Å². The molecule has 1 N–H and O–H groups in total. The lowest BCUT2D eigenvalue weighted by Crippen LogP contribution is -2.43. The van der Waals surface area contributed by atoms with Crippen LogP contribution in [0.4, 0.5) is 0 Å². The first-order valence-corrected chi connectivity index (χ1v) is 14.3. The predicted molar refractivity (Wildman–Crippen MR) is 154 cm³/mol. The number of likely N-dealkylation sites (tertiary alicyclic amines) is 2. The molecule has 0 aromatic heterocycles. The largest absolute Gasteiger partial charge is 0.493 e. The maximum absolute atomic E-state index is 12.9. The summed E-state index contributed by atoms with van der Waals surface area (Å²) in [6.45, 7) is 11.8. The first-order chi connectivity index (χ1) is 18.5. The van der Waals surface area contributed by atoms with Crippen molar-refractivity contribution in [1.29, 1.82) is 0 Å². The molecule has 3 aliphatic rings. The van der Waals surface area contributed by atoms with Gasteiger partial charge in [0.05, 0.1) is 12.7 Å². The number of aliphatic hydroxyl groups excluding tert-OH is 1. The van der Waals surface area contributed by atoms with Gasteiger partial charge in [0.2, 0.25) is 11.9 Å². The zero-order valence-electron chi connectivity index (χ0n) is 23.1. The number of hydrogen-bond donors (Lipinski definition) is 1. The Kier molecular flexibility index (Phi) is 10.2. The van der Waals surface area contributed by atoms with E-state index in [0.717, 1.165) is 64.0 Å². The molecule has 0 radical (unpaired) electrons. The zero-order valence-corrected chi connectivity index (χ0v) is 23.1. The lowest BCUT2D eigenvalue weighted by molar-refractivity contribution is -0.137. The second-order valence-corrected chi connectivity index (χ2v) is 10.9. The van der Waals surface area contributed by atoms with Crippen LogP contribution in [0.15, 0.2) is 52.1 Å². The lowest BCUT2D eigenvalue weighted by atomic mass is 9.85. The van der Waals surface area contributed by atoms with Crippen molar-refractivity contribution >= 4 is 24.2 Å². The third-order valence-corrected chi connectivity index (χ3v) is 8.24. The number of hydrogen-bond acceptors (Lipinski definition) is 4. The maximum Gasteiger partial charge on any atom is 0.226 e. The van der Waals surface area contributed by atoms with Crippen LogP contribution in [-0.2, 0) is 4.79 Å². The molecule has 1 aliphatic carbocycles. The van der Waals surface area contributed by atoms with Gasteiger partial charge in [0, 0.05) is 38.3 Å². The van der Waals surface area contributed by atoms with Crippen LogP contribution in [0, 0.1) is 11.8 Å². The summed E-state index contributed by atoms with van der Waals surface area (Å²) in [4.78, 5) is 25.7. The van der Waals surface area contributed by atoms with Crippen LogP contribution in [-0.4, -0.2) is 72.4 Å². The molecule has 206 valence electrons. The fraction of sp³-hybridized carbons (Fsp3) is 0.581.